The first-order valence-electron chi connectivity index (χ1n) is 8.52. The van der Waals surface area contributed by atoms with Gasteiger partial charge in [-0.15, -0.1) is 0 Å². The molecule has 26 heavy (non-hydrogen) atoms. The van der Waals surface area contributed by atoms with Crippen LogP contribution in [0.5, 0.6) is 0 Å². The Bertz CT molecular complexity index is 908. The van der Waals surface area contributed by atoms with Gasteiger partial charge in [0.05, 0.1) is 17.5 Å². The fraction of sp³-hybridized carbons (Fsp3) is 0.190. The van der Waals surface area contributed by atoms with Crippen LogP contribution in [0, 0.1) is 0 Å². The zero-order valence-corrected chi connectivity index (χ0v) is 14.9. The second-order valence-corrected chi connectivity index (χ2v) is 6.37. The first-order chi connectivity index (χ1) is 12.5. The monoisotopic (exact) mass is 349 g/mol. The van der Waals surface area contributed by atoms with Crippen LogP contribution in [0.4, 0.5) is 16.2 Å². The van der Waals surface area contributed by atoms with Crippen LogP contribution in [-0.4, -0.2) is 31.8 Å². The highest BCUT2D eigenvalue weighted by atomic mass is 16.3. The zero-order valence-electron chi connectivity index (χ0n) is 14.9. The van der Waals surface area contributed by atoms with Gasteiger partial charge in [0.15, 0.2) is 0 Å². The molecule has 0 heterocycles. The SMILES string of the molecule is CN(C)c1ccccc1NC(=O)NCC(O)c1ccc2ccccc2c1. The molecule has 3 rings (SSSR count). The number of hydrogen-bond donors (Lipinski definition) is 3. The van der Waals surface area contributed by atoms with Gasteiger partial charge in [0.2, 0.25) is 0 Å². The maximum Gasteiger partial charge on any atom is 0.319 e. The van der Waals surface area contributed by atoms with Crippen molar-refractivity contribution in [2.24, 2.45) is 0 Å². The van der Waals surface area contributed by atoms with Crippen LogP contribution in [0.25, 0.3) is 10.8 Å². The quantitative estimate of drug-likeness (QED) is 0.657. The number of carbonyl (C=O) groups is 1. The van der Waals surface area contributed by atoms with Crippen molar-refractivity contribution in [2.45, 2.75) is 6.10 Å². The highest BCUT2D eigenvalue weighted by Crippen LogP contribution is 2.23. The number of urea groups is 1. The van der Waals surface area contributed by atoms with Gasteiger partial charge in [-0.3, -0.25) is 0 Å². The van der Waals surface area contributed by atoms with Crippen molar-refractivity contribution in [3.63, 3.8) is 0 Å². The van der Waals surface area contributed by atoms with Crippen LogP contribution in [0.1, 0.15) is 11.7 Å². The van der Waals surface area contributed by atoms with Gasteiger partial charge in [-0.25, -0.2) is 4.79 Å². The van der Waals surface area contributed by atoms with E-state index >= 15 is 0 Å². The predicted molar refractivity (Wildman–Crippen MR) is 107 cm³/mol. The first kappa shape index (κ1) is 17.8. The molecular formula is C21H23N3O2. The second-order valence-electron chi connectivity index (χ2n) is 6.37. The number of benzene rings is 3. The standard InChI is InChI=1S/C21H23N3O2/c1-24(2)19-10-6-5-9-18(19)23-21(26)22-14-20(25)17-12-11-15-7-3-4-8-16(15)13-17/h3-13,20,25H,14H2,1-2H3,(H2,22,23,26). The summed E-state index contributed by atoms with van der Waals surface area (Å²) in [6.45, 7) is 0.133. The van der Waals surface area contributed by atoms with Crippen molar-refractivity contribution in [3.05, 3.63) is 72.3 Å². The van der Waals surface area contributed by atoms with Crippen LogP contribution in [0.15, 0.2) is 66.7 Å². The molecule has 0 radical (unpaired) electrons. The van der Waals surface area contributed by atoms with Gasteiger partial charge < -0.3 is 20.6 Å². The van der Waals surface area contributed by atoms with Gasteiger partial charge >= 0.3 is 6.03 Å². The molecule has 0 spiro atoms. The lowest BCUT2D eigenvalue weighted by Gasteiger charge is -2.18. The highest BCUT2D eigenvalue weighted by molar-refractivity contribution is 5.93. The lowest BCUT2D eigenvalue weighted by Crippen LogP contribution is -2.32. The van der Waals surface area contributed by atoms with E-state index in [0.29, 0.717) is 0 Å². The Morgan fingerprint density at radius 3 is 2.46 bits per heavy atom. The molecule has 0 aliphatic heterocycles. The summed E-state index contributed by atoms with van der Waals surface area (Å²) in [6, 6.07) is 21.0. The molecule has 2 amide bonds. The lowest BCUT2D eigenvalue weighted by atomic mass is 10.0. The fourth-order valence-electron chi connectivity index (χ4n) is 2.86. The molecule has 3 aromatic rings. The largest absolute Gasteiger partial charge is 0.387 e. The number of hydrogen-bond acceptors (Lipinski definition) is 3. The van der Waals surface area contributed by atoms with Gasteiger partial charge in [-0.2, -0.15) is 0 Å². The Hall–Kier alpha value is -3.05. The number of nitrogens with zero attached hydrogens (tertiary/aromatic N) is 1. The average molecular weight is 349 g/mol. The Morgan fingerprint density at radius 2 is 1.69 bits per heavy atom. The molecule has 0 aromatic heterocycles. The lowest BCUT2D eigenvalue weighted by molar-refractivity contribution is 0.175. The Morgan fingerprint density at radius 1 is 1.00 bits per heavy atom. The van der Waals surface area contributed by atoms with Crippen LogP contribution in [0.2, 0.25) is 0 Å². The van der Waals surface area contributed by atoms with E-state index in [9.17, 15) is 9.90 Å². The number of fused-ring (bicyclic) bond motifs is 1. The summed E-state index contributed by atoms with van der Waals surface area (Å²) >= 11 is 0. The fourth-order valence-corrected chi connectivity index (χ4v) is 2.86. The molecule has 1 atom stereocenters. The number of carbonyl (C=O) groups excluding carboxylic acids is 1. The molecule has 0 fully saturated rings. The maximum atomic E-state index is 12.2. The zero-order chi connectivity index (χ0) is 18.5. The summed E-state index contributed by atoms with van der Waals surface area (Å²) in [5.41, 5.74) is 2.41. The molecule has 3 aromatic carbocycles. The van der Waals surface area contributed by atoms with Crippen molar-refractivity contribution < 1.29 is 9.90 Å². The third-order valence-electron chi connectivity index (χ3n) is 4.25. The Balaban J connectivity index is 1.62. The third kappa shape index (κ3) is 4.13. The Labute approximate surface area is 153 Å². The van der Waals surface area contributed by atoms with Crippen molar-refractivity contribution in [2.75, 3.05) is 30.9 Å². The molecule has 1 unspecified atom stereocenters. The summed E-state index contributed by atoms with van der Waals surface area (Å²) in [5.74, 6) is 0. The molecule has 0 bridgehead atoms. The highest BCUT2D eigenvalue weighted by Gasteiger charge is 2.12. The number of amides is 2. The maximum absolute atomic E-state index is 12.2. The summed E-state index contributed by atoms with van der Waals surface area (Å²) in [6.07, 6.45) is -0.769. The van der Waals surface area contributed by atoms with Crippen LogP contribution in [0.3, 0.4) is 0 Å². The molecule has 3 N–H and O–H groups in total. The van der Waals surface area contributed by atoms with Crippen LogP contribution >= 0.6 is 0 Å². The molecule has 0 aliphatic carbocycles. The van der Waals surface area contributed by atoms with E-state index in [4.69, 9.17) is 0 Å². The summed E-state index contributed by atoms with van der Waals surface area (Å²) < 4.78 is 0. The van der Waals surface area contributed by atoms with Gasteiger partial charge in [-0.1, -0.05) is 48.5 Å². The minimum Gasteiger partial charge on any atom is -0.387 e. The number of rotatable bonds is 5. The minimum atomic E-state index is -0.769. The van der Waals surface area contributed by atoms with Gasteiger partial charge in [0, 0.05) is 20.6 Å². The predicted octanol–water partition coefficient (Wildman–Crippen LogP) is 3.76. The van der Waals surface area contributed by atoms with Gasteiger partial charge in [0.1, 0.15) is 0 Å². The summed E-state index contributed by atoms with van der Waals surface area (Å²) in [7, 11) is 3.84. The van der Waals surface area contributed by atoms with Crippen LogP contribution < -0.4 is 15.5 Å². The van der Waals surface area contributed by atoms with E-state index in [1.807, 2.05) is 85.7 Å². The first-order valence-corrected chi connectivity index (χ1v) is 8.52. The van der Waals surface area contributed by atoms with Crippen molar-refractivity contribution in [1.82, 2.24) is 5.32 Å². The van der Waals surface area contributed by atoms with E-state index in [0.717, 1.165) is 27.7 Å². The summed E-state index contributed by atoms with van der Waals surface area (Å²) in [4.78, 5) is 14.1. The van der Waals surface area contributed by atoms with Gasteiger partial charge in [0.25, 0.3) is 0 Å². The average Bonchev–Trinajstić information content (AvgIpc) is 2.66. The molecule has 134 valence electrons. The van der Waals surface area contributed by atoms with E-state index in [1.54, 1.807) is 0 Å². The van der Waals surface area contributed by atoms with E-state index in [1.165, 1.54) is 0 Å². The smallest absolute Gasteiger partial charge is 0.319 e. The normalized spacial score (nSPS) is 11.8. The van der Waals surface area contributed by atoms with E-state index < -0.39 is 6.10 Å². The van der Waals surface area contributed by atoms with Crippen molar-refractivity contribution in [3.8, 4) is 0 Å². The minimum absolute atomic E-state index is 0.133. The third-order valence-corrected chi connectivity index (χ3v) is 4.25. The van der Waals surface area contributed by atoms with Crippen molar-refractivity contribution in [1.29, 1.82) is 0 Å². The number of anilines is 2. The molecule has 0 saturated carbocycles. The van der Waals surface area contributed by atoms with Crippen molar-refractivity contribution >= 4 is 28.2 Å². The molecule has 5 nitrogen and oxygen atoms in total. The van der Waals surface area contributed by atoms with E-state index in [2.05, 4.69) is 10.6 Å². The molecule has 0 saturated heterocycles. The molecule has 0 aliphatic rings. The number of aliphatic hydroxyl groups excluding tert-OH is 1. The number of nitrogens with one attached hydrogen (secondary N) is 2. The number of para-hydroxylation sites is 2. The summed E-state index contributed by atoms with van der Waals surface area (Å²) in [5, 5.41) is 18.1. The second kappa shape index (κ2) is 7.89. The molecular weight excluding hydrogens is 326 g/mol. The number of aliphatic hydroxyl groups is 1. The van der Waals surface area contributed by atoms with Crippen LogP contribution in [-0.2, 0) is 0 Å². The van der Waals surface area contributed by atoms with E-state index in [-0.39, 0.29) is 12.6 Å². The molecule has 5 heteroatoms. The topological polar surface area (TPSA) is 64.6 Å². The van der Waals surface area contributed by atoms with Gasteiger partial charge in [-0.05, 0) is 34.5 Å². The Kier molecular flexibility index (Phi) is 5.39.